The number of nitrogens with zero attached hydrogens (tertiary/aromatic N) is 4. The van der Waals surface area contributed by atoms with E-state index >= 15 is 0 Å². The summed E-state index contributed by atoms with van der Waals surface area (Å²) >= 11 is 0. The van der Waals surface area contributed by atoms with Gasteiger partial charge < -0.3 is 15.1 Å². The highest BCUT2D eigenvalue weighted by molar-refractivity contribution is 5.90. The van der Waals surface area contributed by atoms with Crippen LogP contribution in [0, 0.1) is 20.8 Å². The van der Waals surface area contributed by atoms with Crippen molar-refractivity contribution in [2.75, 3.05) is 36.4 Å². The van der Waals surface area contributed by atoms with Gasteiger partial charge in [-0.05, 0) is 44.4 Å². The Bertz CT molecular complexity index is 1120. The van der Waals surface area contributed by atoms with Gasteiger partial charge in [0.15, 0.2) is 0 Å². The van der Waals surface area contributed by atoms with Gasteiger partial charge in [0.1, 0.15) is 11.6 Å². The van der Waals surface area contributed by atoms with Gasteiger partial charge in [0.25, 0.3) is 0 Å². The number of rotatable bonds is 5. The topological polar surface area (TPSA) is 61.4 Å². The normalized spacial score (nSPS) is 13.8. The SMILES string of the molecule is CCc1ccccc1NC(=O)N1CCN(c2nc(C)nc(C)c2Cc2ccc(C)cc2)CC1. The number of hydrogen-bond donors (Lipinski definition) is 1. The number of aromatic nitrogens is 2. The molecule has 1 aliphatic rings. The Morgan fingerprint density at radius 1 is 0.939 bits per heavy atom. The van der Waals surface area contributed by atoms with Gasteiger partial charge in [-0.25, -0.2) is 14.8 Å². The zero-order valence-electron chi connectivity index (χ0n) is 20.1. The summed E-state index contributed by atoms with van der Waals surface area (Å²) in [5.74, 6) is 1.78. The zero-order valence-corrected chi connectivity index (χ0v) is 20.1. The quantitative estimate of drug-likeness (QED) is 0.609. The first-order valence-corrected chi connectivity index (χ1v) is 11.7. The fraction of sp³-hybridized carbons (Fsp3) is 0.370. The number of para-hydroxylation sites is 1. The Hall–Kier alpha value is -3.41. The third-order valence-electron chi connectivity index (χ3n) is 6.31. The van der Waals surface area contributed by atoms with E-state index in [-0.39, 0.29) is 6.03 Å². The summed E-state index contributed by atoms with van der Waals surface area (Å²) in [5.41, 5.74) is 6.75. The van der Waals surface area contributed by atoms with E-state index in [0.29, 0.717) is 13.1 Å². The summed E-state index contributed by atoms with van der Waals surface area (Å²) < 4.78 is 0. The Morgan fingerprint density at radius 3 is 2.33 bits per heavy atom. The van der Waals surface area contributed by atoms with Gasteiger partial charge in [-0.15, -0.1) is 0 Å². The van der Waals surface area contributed by atoms with E-state index < -0.39 is 0 Å². The number of carbonyl (C=O) groups is 1. The molecular formula is C27H33N5O. The maximum atomic E-state index is 12.9. The predicted octanol–water partition coefficient (Wildman–Crippen LogP) is 4.91. The van der Waals surface area contributed by atoms with Crippen molar-refractivity contribution in [3.63, 3.8) is 0 Å². The average Bonchev–Trinajstić information content (AvgIpc) is 2.82. The number of nitrogens with one attached hydrogen (secondary N) is 1. The molecule has 6 nitrogen and oxygen atoms in total. The molecule has 2 amide bonds. The van der Waals surface area contributed by atoms with Crippen LogP contribution in [0.25, 0.3) is 0 Å². The molecule has 0 aliphatic carbocycles. The molecule has 4 rings (SSSR count). The summed E-state index contributed by atoms with van der Waals surface area (Å²) in [5, 5.41) is 3.10. The molecule has 0 unspecified atom stereocenters. The molecule has 0 atom stereocenters. The Morgan fingerprint density at radius 2 is 1.64 bits per heavy atom. The van der Waals surface area contributed by atoms with Gasteiger partial charge in [-0.2, -0.15) is 0 Å². The first-order chi connectivity index (χ1) is 15.9. The van der Waals surface area contributed by atoms with Crippen molar-refractivity contribution < 1.29 is 4.79 Å². The van der Waals surface area contributed by atoms with Crippen LogP contribution in [0.2, 0.25) is 0 Å². The Labute approximate surface area is 196 Å². The molecule has 0 saturated carbocycles. The van der Waals surface area contributed by atoms with Crippen molar-refractivity contribution in [1.82, 2.24) is 14.9 Å². The predicted molar refractivity (Wildman–Crippen MR) is 134 cm³/mol. The van der Waals surface area contributed by atoms with Gasteiger partial charge in [0.2, 0.25) is 0 Å². The van der Waals surface area contributed by atoms with Gasteiger partial charge >= 0.3 is 6.03 Å². The van der Waals surface area contributed by atoms with Crippen LogP contribution in [0.4, 0.5) is 16.3 Å². The molecule has 1 saturated heterocycles. The van der Waals surface area contributed by atoms with Crippen LogP contribution in [0.5, 0.6) is 0 Å². The molecule has 0 spiro atoms. The second-order valence-electron chi connectivity index (χ2n) is 8.74. The van der Waals surface area contributed by atoms with Crippen LogP contribution in [-0.2, 0) is 12.8 Å². The molecule has 1 fully saturated rings. The maximum absolute atomic E-state index is 12.9. The van der Waals surface area contributed by atoms with Crippen LogP contribution in [0.1, 0.15) is 40.7 Å². The first kappa shape index (κ1) is 22.8. The summed E-state index contributed by atoms with van der Waals surface area (Å²) in [6.07, 6.45) is 1.69. The van der Waals surface area contributed by atoms with E-state index in [1.54, 1.807) is 0 Å². The molecule has 3 aromatic rings. The van der Waals surface area contributed by atoms with Crippen molar-refractivity contribution in [3.05, 3.63) is 82.3 Å². The first-order valence-electron chi connectivity index (χ1n) is 11.7. The number of carbonyl (C=O) groups excluding carboxylic acids is 1. The lowest BCUT2D eigenvalue weighted by molar-refractivity contribution is 0.208. The van der Waals surface area contributed by atoms with E-state index in [0.717, 1.165) is 54.5 Å². The number of piperazine rings is 1. The van der Waals surface area contributed by atoms with E-state index in [9.17, 15) is 4.79 Å². The maximum Gasteiger partial charge on any atom is 0.321 e. The number of aryl methyl sites for hydroxylation is 4. The van der Waals surface area contributed by atoms with Gasteiger partial charge in [-0.3, -0.25) is 0 Å². The van der Waals surface area contributed by atoms with E-state index in [1.807, 2.05) is 30.0 Å². The van der Waals surface area contributed by atoms with Crippen LogP contribution < -0.4 is 10.2 Å². The largest absolute Gasteiger partial charge is 0.353 e. The molecule has 172 valence electrons. The summed E-state index contributed by atoms with van der Waals surface area (Å²) in [7, 11) is 0. The average molecular weight is 444 g/mol. The Balaban J connectivity index is 1.47. The molecule has 2 aromatic carbocycles. The zero-order chi connectivity index (χ0) is 23.4. The Kier molecular flexibility index (Phi) is 6.92. The highest BCUT2D eigenvalue weighted by atomic mass is 16.2. The molecule has 1 N–H and O–H groups in total. The van der Waals surface area contributed by atoms with E-state index in [1.165, 1.54) is 16.7 Å². The van der Waals surface area contributed by atoms with Crippen LogP contribution in [-0.4, -0.2) is 47.1 Å². The van der Waals surface area contributed by atoms with E-state index in [4.69, 9.17) is 4.98 Å². The van der Waals surface area contributed by atoms with Gasteiger partial charge in [0, 0.05) is 49.5 Å². The number of hydrogen-bond acceptors (Lipinski definition) is 4. The summed E-state index contributed by atoms with van der Waals surface area (Å²) in [6, 6.07) is 16.6. The van der Waals surface area contributed by atoms with Crippen molar-refractivity contribution in [3.8, 4) is 0 Å². The van der Waals surface area contributed by atoms with Crippen LogP contribution >= 0.6 is 0 Å². The lowest BCUT2D eigenvalue weighted by Crippen LogP contribution is -2.50. The minimum Gasteiger partial charge on any atom is -0.353 e. The highest BCUT2D eigenvalue weighted by Crippen LogP contribution is 2.25. The van der Waals surface area contributed by atoms with Crippen LogP contribution in [0.15, 0.2) is 48.5 Å². The number of amides is 2. The molecule has 0 bridgehead atoms. The van der Waals surface area contributed by atoms with Crippen LogP contribution in [0.3, 0.4) is 0 Å². The minimum absolute atomic E-state index is 0.0366. The summed E-state index contributed by atoms with van der Waals surface area (Å²) in [6.45, 7) is 11.0. The fourth-order valence-corrected chi connectivity index (χ4v) is 4.36. The third kappa shape index (κ3) is 5.33. The molecule has 6 heteroatoms. The van der Waals surface area contributed by atoms with Gasteiger partial charge in [0.05, 0.1) is 0 Å². The lowest BCUT2D eigenvalue weighted by Gasteiger charge is -2.36. The number of urea groups is 1. The van der Waals surface area contributed by atoms with Crippen molar-refractivity contribution in [1.29, 1.82) is 0 Å². The van der Waals surface area contributed by atoms with E-state index in [2.05, 4.69) is 66.3 Å². The van der Waals surface area contributed by atoms with Gasteiger partial charge in [-0.1, -0.05) is 55.0 Å². The minimum atomic E-state index is -0.0366. The summed E-state index contributed by atoms with van der Waals surface area (Å²) in [4.78, 5) is 26.6. The lowest BCUT2D eigenvalue weighted by atomic mass is 10.0. The molecule has 0 radical (unpaired) electrons. The molecular weight excluding hydrogens is 410 g/mol. The molecule has 1 aromatic heterocycles. The monoisotopic (exact) mass is 443 g/mol. The van der Waals surface area contributed by atoms with Crippen molar-refractivity contribution in [2.24, 2.45) is 0 Å². The molecule has 2 heterocycles. The highest BCUT2D eigenvalue weighted by Gasteiger charge is 2.25. The number of benzene rings is 2. The second-order valence-corrected chi connectivity index (χ2v) is 8.74. The second kappa shape index (κ2) is 10.0. The number of anilines is 2. The molecule has 33 heavy (non-hydrogen) atoms. The van der Waals surface area contributed by atoms with Crippen molar-refractivity contribution >= 4 is 17.5 Å². The third-order valence-corrected chi connectivity index (χ3v) is 6.31. The molecule has 1 aliphatic heterocycles. The standard InChI is InChI=1S/C27H33N5O/c1-5-23-8-6-7-9-25(23)30-27(33)32-16-14-31(15-17-32)26-24(20(3)28-21(4)29-26)18-22-12-10-19(2)11-13-22/h6-13H,5,14-18H2,1-4H3,(H,30,33). The smallest absolute Gasteiger partial charge is 0.321 e. The van der Waals surface area contributed by atoms with Crippen molar-refractivity contribution in [2.45, 2.75) is 40.5 Å². The fourth-order valence-electron chi connectivity index (χ4n) is 4.36.